The standard InChI is InChI=1S/C22H25NO3/c1-16-5-7-17(8-6-16)9-10-18-11-13-23(14-12-18)22(24)19-3-2-4-20-21(19)26-15-25-20/h2-8,18H,9-15H2,1H3. The summed E-state index contributed by atoms with van der Waals surface area (Å²) in [4.78, 5) is 14.8. The molecule has 2 heterocycles. The summed E-state index contributed by atoms with van der Waals surface area (Å²) in [5.41, 5.74) is 3.34. The number of nitrogens with zero attached hydrogens (tertiary/aromatic N) is 1. The smallest absolute Gasteiger partial charge is 0.257 e. The van der Waals surface area contributed by atoms with Gasteiger partial charge in [-0.3, -0.25) is 4.79 Å². The van der Waals surface area contributed by atoms with E-state index in [0.29, 0.717) is 23.0 Å². The number of hydrogen-bond donors (Lipinski definition) is 0. The first-order valence-corrected chi connectivity index (χ1v) is 9.44. The van der Waals surface area contributed by atoms with Crippen LogP contribution >= 0.6 is 0 Å². The second kappa shape index (κ2) is 7.40. The van der Waals surface area contributed by atoms with Crippen molar-refractivity contribution in [1.82, 2.24) is 4.90 Å². The molecule has 0 spiro atoms. The molecule has 26 heavy (non-hydrogen) atoms. The van der Waals surface area contributed by atoms with Gasteiger partial charge in [0.1, 0.15) is 0 Å². The zero-order chi connectivity index (χ0) is 17.9. The molecule has 0 bridgehead atoms. The van der Waals surface area contributed by atoms with Gasteiger partial charge in [0.05, 0.1) is 5.56 Å². The van der Waals surface area contributed by atoms with Crippen molar-refractivity contribution in [3.05, 3.63) is 59.2 Å². The number of fused-ring (bicyclic) bond motifs is 1. The number of carbonyl (C=O) groups is 1. The summed E-state index contributed by atoms with van der Waals surface area (Å²) in [5, 5.41) is 0. The Morgan fingerprint density at radius 1 is 1.08 bits per heavy atom. The van der Waals surface area contributed by atoms with Crippen LogP contribution in [-0.4, -0.2) is 30.7 Å². The molecule has 0 radical (unpaired) electrons. The molecule has 0 saturated carbocycles. The van der Waals surface area contributed by atoms with Crippen LogP contribution in [0, 0.1) is 12.8 Å². The van der Waals surface area contributed by atoms with Crippen molar-refractivity contribution in [3.8, 4) is 11.5 Å². The fraction of sp³-hybridized carbons (Fsp3) is 0.409. The van der Waals surface area contributed by atoms with Crippen LogP contribution < -0.4 is 9.47 Å². The van der Waals surface area contributed by atoms with Crippen molar-refractivity contribution in [2.75, 3.05) is 19.9 Å². The molecule has 0 aromatic heterocycles. The molecule has 136 valence electrons. The van der Waals surface area contributed by atoms with E-state index in [1.807, 2.05) is 23.1 Å². The van der Waals surface area contributed by atoms with E-state index in [1.165, 1.54) is 17.5 Å². The zero-order valence-electron chi connectivity index (χ0n) is 15.2. The van der Waals surface area contributed by atoms with Crippen LogP contribution in [0.15, 0.2) is 42.5 Å². The highest BCUT2D eigenvalue weighted by Crippen LogP contribution is 2.36. The Labute approximate surface area is 154 Å². The van der Waals surface area contributed by atoms with E-state index in [-0.39, 0.29) is 12.7 Å². The number of piperidine rings is 1. The Hall–Kier alpha value is -2.49. The molecule has 0 unspecified atom stereocenters. The number of benzene rings is 2. The first-order valence-electron chi connectivity index (χ1n) is 9.44. The van der Waals surface area contributed by atoms with E-state index < -0.39 is 0 Å². The number of likely N-dealkylation sites (tertiary alicyclic amines) is 1. The lowest BCUT2D eigenvalue weighted by atomic mass is 9.90. The molecule has 2 aliphatic heterocycles. The summed E-state index contributed by atoms with van der Waals surface area (Å²) < 4.78 is 10.9. The van der Waals surface area contributed by atoms with Crippen LogP contribution in [0.3, 0.4) is 0 Å². The van der Waals surface area contributed by atoms with Crippen molar-refractivity contribution >= 4 is 5.91 Å². The number of ether oxygens (including phenoxy) is 2. The predicted octanol–water partition coefficient (Wildman–Crippen LogP) is 4.21. The first-order chi connectivity index (χ1) is 12.7. The highest BCUT2D eigenvalue weighted by Gasteiger charge is 2.28. The summed E-state index contributed by atoms with van der Waals surface area (Å²) in [5.74, 6) is 2.02. The Balaban J connectivity index is 1.31. The summed E-state index contributed by atoms with van der Waals surface area (Å²) in [6.07, 6.45) is 4.47. The molecule has 4 heteroatoms. The second-order valence-corrected chi connectivity index (χ2v) is 7.30. The van der Waals surface area contributed by atoms with Gasteiger partial charge < -0.3 is 14.4 Å². The molecular formula is C22H25NO3. The van der Waals surface area contributed by atoms with Gasteiger partial charge in [-0.25, -0.2) is 0 Å². The number of carbonyl (C=O) groups excluding carboxylic acids is 1. The number of aryl methyl sites for hydroxylation is 2. The third-order valence-corrected chi connectivity index (χ3v) is 5.49. The molecule has 0 aliphatic carbocycles. The molecule has 2 aromatic rings. The molecule has 1 amide bonds. The van der Waals surface area contributed by atoms with Gasteiger partial charge in [-0.1, -0.05) is 35.9 Å². The van der Waals surface area contributed by atoms with Crippen LogP contribution in [0.4, 0.5) is 0 Å². The van der Waals surface area contributed by atoms with E-state index in [0.717, 1.165) is 32.4 Å². The van der Waals surface area contributed by atoms with Crippen LogP contribution in [0.2, 0.25) is 0 Å². The van der Waals surface area contributed by atoms with Gasteiger partial charge in [-0.15, -0.1) is 0 Å². The monoisotopic (exact) mass is 351 g/mol. The minimum absolute atomic E-state index is 0.0596. The zero-order valence-corrected chi connectivity index (χ0v) is 15.2. The van der Waals surface area contributed by atoms with Crippen molar-refractivity contribution < 1.29 is 14.3 Å². The van der Waals surface area contributed by atoms with Crippen molar-refractivity contribution in [3.63, 3.8) is 0 Å². The maximum absolute atomic E-state index is 12.9. The van der Waals surface area contributed by atoms with E-state index in [9.17, 15) is 4.79 Å². The van der Waals surface area contributed by atoms with E-state index >= 15 is 0 Å². The Morgan fingerprint density at radius 3 is 2.62 bits per heavy atom. The number of hydrogen-bond acceptors (Lipinski definition) is 3. The van der Waals surface area contributed by atoms with E-state index in [4.69, 9.17) is 9.47 Å². The summed E-state index contributed by atoms with van der Waals surface area (Å²) >= 11 is 0. The molecule has 4 rings (SSSR count). The molecule has 4 nitrogen and oxygen atoms in total. The quantitative estimate of drug-likeness (QED) is 0.828. The van der Waals surface area contributed by atoms with Gasteiger partial charge in [0, 0.05) is 13.1 Å². The number of rotatable bonds is 4. The second-order valence-electron chi connectivity index (χ2n) is 7.30. The number of para-hydroxylation sites is 1. The average Bonchev–Trinajstić information content (AvgIpc) is 3.16. The SMILES string of the molecule is Cc1ccc(CCC2CCN(C(=O)c3cccc4c3OCO4)CC2)cc1. The molecule has 0 atom stereocenters. The lowest BCUT2D eigenvalue weighted by molar-refractivity contribution is 0.0682. The fourth-order valence-corrected chi connectivity index (χ4v) is 3.82. The van der Waals surface area contributed by atoms with Gasteiger partial charge in [-0.2, -0.15) is 0 Å². The summed E-state index contributed by atoms with van der Waals surface area (Å²) in [7, 11) is 0. The molecule has 2 aromatic carbocycles. The highest BCUT2D eigenvalue weighted by molar-refractivity contribution is 5.98. The Bertz CT molecular complexity index is 776. The van der Waals surface area contributed by atoms with E-state index in [2.05, 4.69) is 31.2 Å². The maximum atomic E-state index is 12.9. The van der Waals surface area contributed by atoms with Gasteiger partial charge >= 0.3 is 0 Å². The summed E-state index contributed by atoms with van der Waals surface area (Å²) in [6, 6.07) is 14.4. The lowest BCUT2D eigenvalue weighted by Crippen LogP contribution is -2.38. The largest absolute Gasteiger partial charge is 0.454 e. The normalized spacial score (nSPS) is 16.7. The van der Waals surface area contributed by atoms with Gasteiger partial charge in [-0.05, 0) is 56.2 Å². The minimum Gasteiger partial charge on any atom is -0.454 e. The van der Waals surface area contributed by atoms with Crippen molar-refractivity contribution in [2.24, 2.45) is 5.92 Å². The highest BCUT2D eigenvalue weighted by atomic mass is 16.7. The molecule has 2 aliphatic rings. The first kappa shape index (κ1) is 17.0. The minimum atomic E-state index is 0.0596. The van der Waals surface area contributed by atoms with Gasteiger partial charge in [0.15, 0.2) is 11.5 Å². The van der Waals surface area contributed by atoms with Crippen molar-refractivity contribution in [2.45, 2.75) is 32.6 Å². The molecule has 1 saturated heterocycles. The van der Waals surface area contributed by atoms with Crippen LogP contribution in [0.1, 0.15) is 40.7 Å². The maximum Gasteiger partial charge on any atom is 0.257 e. The van der Waals surface area contributed by atoms with Crippen LogP contribution in [0.25, 0.3) is 0 Å². The molecule has 0 N–H and O–H groups in total. The van der Waals surface area contributed by atoms with E-state index in [1.54, 1.807) is 0 Å². The topological polar surface area (TPSA) is 38.8 Å². The average molecular weight is 351 g/mol. The van der Waals surface area contributed by atoms with Crippen LogP contribution in [0.5, 0.6) is 11.5 Å². The molecule has 1 fully saturated rings. The fourth-order valence-electron chi connectivity index (χ4n) is 3.82. The van der Waals surface area contributed by atoms with Crippen molar-refractivity contribution in [1.29, 1.82) is 0 Å². The molecular weight excluding hydrogens is 326 g/mol. The third kappa shape index (κ3) is 3.55. The number of amides is 1. The Kier molecular flexibility index (Phi) is 4.83. The predicted molar refractivity (Wildman–Crippen MR) is 101 cm³/mol. The van der Waals surface area contributed by atoms with Gasteiger partial charge in [0.25, 0.3) is 5.91 Å². The van der Waals surface area contributed by atoms with Crippen LogP contribution in [-0.2, 0) is 6.42 Å². The summed E-state index contributed by atoms with van der Waals surface area (Å²) in [6.45, 7) is 3.96. The van der Waals surface area contributed by atoms with Gasteiger partial charge in [0.2, 0.25) is 6.79 Å². The lowest BCUT2D eigenvalue weighted by Gasteiger charge is -2.32. The third-order valence-electron chi connectivity index (χ3n) is 5.49. The Morgan fingerprint density at radius 2 is 1.85 bits per heavy atom.